The average Bonchev–Trinajstić information content (AvgIpc) is 2.31. The van der Waals surface area contributed by atoms with Crippen LogP contribution in [0.3, 0.4) is 0 Å². The Hall–Kier alpha value is -1.51. The van der Waals surface area contributed by atoms with Crippen molar-refractivity contribution < 1.29 is 14.6 Å². The van der Waals surface area contributed by atoms with Crippen molar-refractivity contribution in [1.82, 2.24) is 0 Å². The lowest BCUT2D eigenvalue weighted by Gasteiger charge is -2.12. The molecule has 1 aromatic rings. The van der Waals surface area contributed by atoms with Crippen LogP contribution >= 0.6 is 0 Å². The van der Waals surface area contributed by atoms with Crippen molar-refractivity contribution in [1.29, 1.82) is 0 Å². The van der Waals surface area contributed by atoms with Gasteiger partial charge in [0, 0.05) is 0 Å². The molecule has 0 saturated carbocycles. The molecular formula is C14H20O3. The number of aliphatic carboxylic acids is 1. The predicted molar refractivity (Wildman–Crippen MR) is 67.5 cm³/mol. The van der Waals surface area contributed by atoms with Crippen LogP contribution in [0.4, 0.5) is 0 Å². The number of benzene rings is 1. The van der Waals surface area contributed by atoms with Crippen molar-refractivity contribution in [2.75, 3.05) is 6.61 Å². The van der Waals surface area contributed by atoms with Crippen LogP contribution in [0.5, 0.6) is 5.75 Å². The molecule has 0 fully saturated rings. The molecule has 17 heavy (non-hydrogen) atoms. The van der Waals surface area contributed by atoms with Crippen molar-refractivity contribution in [3.63, 3.8) is 0 Å². The molecule has 0 aromatic heterocycles. The number of ether oxygens (including phenoxy) is 1. The Bertz CT molecular complexity index is 343. The molecule has 3 nitrogen and oxygen atoms in total. The second-order valence-electron chi connectivity index (χ2n) is 4.04. The highest BCUT2D eigenvalue weighted by molar-refractivity contribution is 5.76. The monoisotopic (exact) mass is 236 g/mol. The minimum Gasteiger partial charge on any atom is -0.494 e. The highest BCUT2D eigenvalue weighted by Gasteiger charge is 2.18. The third-order valence-electron chi connectivity index (χ3n) is 2.74. The maximum Gasteiger partial charge on any atom is 0.310 e. The van der Waals surface area contributed by atoms with Crippen LogP contribution in [-0.4, -0.2) is 17.7 Å². The van der Waals surface area contributed by atoms with E-state index in [2.05, 4.69) is 6.92 Å². The van der Waals surface area contributed by atoms with Crippen LogP contribution in [0.25, 0.3) is 0 Å². The van der Waals surface area contributed by atoms with Crippen molar-refractivity contribution in [2.45, 2.75) is 39.0 Å². The fourth-order valence-electron chi connectivity index (χ4n) is 1.80. The summed E-state index contributed by atoms with van der Waals surface area (Å²) in [4.78, 5) is 11.2. The number of rotatable bonds is 7. The quantitative estimate of drug-likeness (QED) is 0.788. The topological polar surface area (TPSA) is 46.5 Å². The summed E-state index contributed by atoms with van der Waals surface area (Å²) in [5, 5.41) is 9.19. The normalized spacial score (nSPS) is 12.1. The summed E-state index contributed by atoms with van der Waals surface area (Å²) < 4.78 is 5.33. The molecular weight excluding hydrogens is 216 g/mol. The van der Waals surface area contributed by atoms with Crippen LogP contribution in [0.1, 0.15) is 44.6 Å². The minimum atomic E-state index is -0.748. The van der Waals surface area contributed by atoms with E-state index in [0.717, 1.165) is 24.2 Å². The molecule has 1 rings (SSSR count). The predicted octanol–water partition coefficient (Wildman–Crippen LogP) is 3.44. The Labute approximate surface area is 102 Å². The molecule has 0 aliphatic heterocycles. The van der Waals surface area contributed by atoms with Gasteiger partial charge in [-0.1, -0.05) is 31.9 Å². The Morgan fingerprint density at radius 1 is 1.29 bits per heavy atom. The van der Waals surface area contributed by atoms with Gasteiger partial charge in [0.2, 0.25) is 0 Å². The maximum absolute atomic E-state index is 11.2. The van der Waals surface area contributed by atoms with Gasteiger partial charge in [0.25, 0.3) is 0 Å². The van der Waals surface area contributed by atoms with Crippen molar-refractivity contribution in [2.24, 2.45) is 0 Å². The molecule has 1 unspecified atom stereocenters. The molecule has 1 aromatic carbocycles. The minimum absolute atomic E-state index is 0.398. The van der Waals surface area contributed by atoms with Crippen LogP contribution < -0.4 is 4.74 Å². The number of hydrogen-bond donors (Lipinski definition) is 1. The van der Waals surface area contributed by atoms with E-state index in [1.54, 1.807) is 0 Å². The summed E-state index contributed by atoms with van der Waals surface area (Å²) in [6, 6.07) is 7.36. The third-order valence-corrected chi connectivity index (χ3v) is 2.74. The zero-order chi connectivity index (χ0) is 12.7. The Kier molecular flexibility index (Phi) is 5.53. The molecule has 3 heteroatoms. The first-order chi connectivity index (χ1) is 8.19. The number of carbonyl (C=O) groups is 1. The lowest BCUT2D eigenvalue weighted by molar-refractivity contribution is -0.139. The van der Waals surface area contributed by atoms with E-state index in [4.69, 9.17) is 4.74 Å². The second-order valence-corrected chi connectivity index (χ2v) is 4.04. The van der Waals surface area contributed by atoms with Gasteiger partial charge in [-0.15, -0.1) is 0 Å². The van der Waals surface area contributed by atoms with E-state index < -0.39 is 11.9 Å². The van der Waals surface area contributed by atoms with Crippen molar-refractivity contribution in [3.8, 4) is 5.75 Å². The SMILES string of the molecule is CCCCC(C(=O)O)c1ccc(OCC)cc1. The largest absolute Gasteiger partial charge is 0.494 e. The smallest absolute Gasteiger partial charge is 0.310 e. The van der Waals surface area contributed by atoms with Gasteiger partial charge in [-0.25, -0.2) is 0 Å². The van der Waals surface area contributed by atoms with Crippen LogP contribution in [-0.2, 0) is 4.79 Å². The van der Waals surface area contributed by atoms with Gasteiger partial charge in [-0.3, -0.25) is 4.79 Å². The van der Waals surface area contributed by atoms with Gasteiger partial charge in [-0.2, -0.15) is 0 Å². The lowest BCUT2D eigenvalue weighted by Crippen LogP contribution is -2.11. The number of carboxylic acid groups (broad SMARTS) is 1. The van der Waals surface area contributed by atoms with Crippen LogP contribution in [0.2, 0.25) is 0 Å². The first-order valence-corrected chi connectivity index (χ1v) is 6.14. The number of unbranched alkanes of at least 4 members (excludes halogenated alkanes) is 1. The van der Waals surface area contributed by atoms with Gasteiger partial charge in [0.15, 0.2) is 0 Å². The zero-order valence-electron chi connectivity index (χ0n) is 10.5. The van der Waals surface area contributed by atoms with E-state index in [0.29, 0.717) is 13.0 Å². The Morgan fingerprint density at radius 2 is 1.94 bits per heavy atom. The summed E-state index contributed by atoms with van der Waals surface area (Å²) in [5.41, 5.74) is 0.856. The highest BCUT2D eigenvalue weighted by Crippen LogP contribution is 2.24. The first-order valence-electron chi connectivity index (χ1n) is 6.14. The molecule has 1 N–H and O–H groups in total. The zero-order valence-corrected chi connectivity index (χ0v) is 10.5. The van der Waals surface area contributed by atoms with Crippen molar-refractivity contribution in [3.05, 3.63) is 29.8 Å². The standard InChI is InChI=1S/C14H20O3/c1-3-5-6-13(14(15)16)11-7-9-12(10-8-11)17-4-2/h7-10,13H,3-6H2,1-2H3,(H,15,16). The fraction of sp³-hybridized carbons (Fsp3) is 0.500. The molecule has 0 saturated heterocycles. The molecule has 0 spiro atoms. The molecule has 0 radical (unpaired) electrons. The highest BCUT2D eigenvalue weighted by atomic mass is 16.5. The first kappa shape index (κ1) is 13.6. The maximum atomic E-state index is 11.2. The van der Waals surface area contributed by atoms with Crippen molar-refractivity contribution >= 4 is 5.97 Å². The van der Waals surface area contributed by atoms with Gasteiger partial charge in [-0.05, 0) is 31.0 Å². The summed E-state index contributed by atoms with van der Waals surface area (Å²) in [6.45, 7) is 4.61. The molecule has 0 heterocycles. The summed E-state index contributed by atoms with van der Waals surface area (Å²) in [7, 11) is 0. The van der Waals surface area contributed by atoms with E-state index in [-0.39, 0.29) is 0 Å². The van der Waals surface area contributed by atoms with Gasteiger partial charge >= 0.3 is 5.97 Å². The molecule has 0 aliphatic rings. The molecule has 0 aliphatic carbocycles. The molecule has 1 atom stereocenters. The van der Waals surface area contributed by atoms with Gasteiger partial charge in [0.1, 0.15) is 5.75 Å². The Morgan fingerprint density at radius 3 is 2.41 bits per heavy atom. The lowest BCUT2D eigenvalue weighted by atomic mass is 9.94. The summed E-state index contributed by atoms with van der Waals surface area (Å²) >= 11 is 0. The molecule has 0 amide bonds. The third kappa shape index (κ3) is 4.10. The van der Waals surface area contributed by atoms with Crippen LogP contribution in [0, 0.1) is 0 Å². The second kappa shape index (κ2) is 6.94. The fourth-order valence-corrected chi connectivity index (χ4v) is 1.80. The van der Waals surface area contributed by atoms with E-state index in [1.165, 1.54) is 0 Å². The molecule has 94 valence electrons. The van der Waals surface area contributed by atoms with Gasteiger partial charge < -0.3 is 9.84 Å². The Balaban J connectivity index is 2.76. The average molecular weight is 236 g/mol. The van der Waals surface area contributed by atoms with Crippen LogP contribution in [0.15, 0.2) is 24.3 Å². The van der Waals surface area contributed by atoms with E-state index in [1.807, 2.05) is 31.2 Å². The number of carboxylic acids is 1. The van der Waals surface area contributed by atoms with E-state index in [9.17, 15) is 9.90 Å². The number of hydrogen-bond acceptors (Lipinski definition) is 2. The summed E-state index contributed by atoms with van der Waals surface area (Å²) in [6.07, 6.45) is 2.64. The molecule has 0 bridgehead atoms. The summed E-state index contributed by atoms with van der Waals surface area (Å²) in [5.74, 6) is -0.357. The van der Waals surface area contributed by atoms with E-state index >= 15 is 0 Å². The van der Waals surface area contributed by atoms with Gasteiger partial charge in [0.05, 0.1) is 12.5 Å².